The van der Waals surface area contributed by atoms with Crippen molar-refractivity contribution in [3.05, 3.63) is 54.1 Å². The normalized spacial score (nSPS) is 14.2. The first-order valence-corrected chi connectivity index (χ1v) is 9.18. The van der Waals surface area contributed by atoms with Crippen LogP contribution >= 0.6 is 24.8 Å². The van der Waals surface area contributed by atoms with Crippen LogP contribution < -0.4 is 5.32 Å². The first-order chi connectivity index (χ1) is 12.8. The van der Waals surface area contributed by atoms with E-state index in [9.17, 15) is 0 Å². The van der Waals surface area contributed by atoms with E-state index < -0.39 is 0 Å². The Balaban J connectivity index is 0.00000140. The maximum atomic E-state index is 5.38. The first-order valence-electron chi connectivity index (χ1n) is 9.18. The number of nitrogens with one attached hydrogen (secondary N) is 1. The van der Waals surface area contributed by atoms with Gasteiger partial charge in [-0.25, -0.2) is 0 Å². The van der Waals surface area contributed by atoms with E-state index in [1.54, 1.807) is 0 Å². The molecule has 0 amide bonds. The fourth-order valence-electron chi connectivity index (χ4n) is 3.40. The van der Waals surface area contributed by atoms with Crippen molar-refractivity contribution in [1.29, 1.82) is 0 Å². The maximum absolute atomic E-state index is 5.38. The molecule has 0 saturated carbocycles. The zero-order valence-electron chi connectivity index (χ0n) is 15.9. The van der Waals surface area contributed by atoms with Gasteiger partial charge in [0.1, 0.15) is 0 Å². The van der Waals surface area contributed by atoms with E-state index in [-0.39, 0.29) is 24.8 Å². The fourth-order valence-corrected chi connectivity index (χ4v) is 3.40. The second-order valence-corrected chi connectivity index (χ2v) is 6.67. The van der Waals surface area contributed by atoms with Crippen LogP contribution in [0.4, 0.5) is 5.82 Å². The van der Waals surface area contributed by atoms with Crippen LogP contribution in [0.25, 0.3) is 22.0 Å². The monoisotopic (exact) mass is 420 g/mol. The van der Waals surface area contributed by atoms with Gasteiger partial charge in [-0.15, -0.1) is 35.0 Å². The Hall–Kier alpha value is -1.92. The van der Waals surface area contributed by atoms with E-state index in [4.69, 9.17) is 4.74 Å². The maximum Gasteiger partial charge on any atom is 0.151 e. The van der Waals surface area contributed by atoms with Crippen LogP contribution in [0.3, 0.4) is 0 Å². The molecule has 28 heavy (non-hydrogen) atoms. The zero-order chi connectivity index (χ0) is 17.8. The molecule has 1 saturated heterocycles. The smallest absolute Gasteiger partial charge is 0.151 e. The summed E-state index contributed by atoms with van der Waals surface area (Å²) in [4.78, 5) is 2.41. The topological polar surface area (TPSA) is 50.3 Å². The SMILES string of the molecule is Cc1cc(-c2cccc3ccccc23)nnc1NCCN1CCOCC1.Cl.Cl. The summed E-state index contributed by atoms with van der Waals surface area (Å²) in [5.74, 6) is 0.863. The van der Waals surface area contributed by atoms with Crippen LogP contribution in [-0.4, -0.2) is 54.5 Å². The number of rotatable bonds is 5. The minimum atomic E-state index is 0. The van der Waals surface area contributed by atoms with Gasteiger partial charge in [0.05, 0.1) is 18.9 Å². The van der Waals surface area contributed by atoms with Crippen LogP contribution in [0, 0.1) is 6.92 Å². The Morgan fingerprint density at radius 1 is 1.00 bits per heavy atom. The van der Waals surface area contributed by atoms with E-state index >= 15 is 0 Å². The lowest BCUT2D eigenvalue weighted by atomic mass is 10.0. The van der Waals surface area contributed by atoms with Crippen molar-refractivity contribution >= 4 is 41.4 Å². The summed E-state index contributed by atoms with van der Waals surface area (Å²) in [6, 6.07) is 16.8. The predicted octanol–water partition coefficient (Wildman–Crippen LogP) is 4.19. The number of hydrogen-bond donors (Lipinski definition) is 1. The van der Waals surface area contributed by atoms with E-state index in [1.165, 1.54) is 10.8 Å². The molecule has 7 heteroatoms. The molecule has 0 spiro atoms. The van der Waals surface area contributed by atoms with Gasteiger partial charge in [-0.1, -0.05) is 42.5 Å². The number of halogens is 2. The largest absolute Gasteiger partial charge is 0.379 e. The molecule has 3 aromatic rings. The molecule has 0 bridgehead atoms. The van der Waals surface area contributed by atoms with Crippen LogP contribution in [0.15, 0.2) is 48.5 Å². The van der Waals surface area contributed by atoms with Crippen LogP contribution in [0.2, 0.25) is 0 Å². The molecule has 1 fully saturated rings. The molecule has 5 nitrogen and oxygen atoms in total. The highest BCUT2D eigenvalue weighted by molar-refractivity contribution is 5.95. The molecule has 0 radical (unpaired) electrons. The van der Waals surface area contributed by atoms with Crippen molar-refractivity contribution in [2.24, 2.45) is 0 Å². The summed E-state index contributed by atoms with van der Waals surface area (Å²) in [6.07, 6.45) is 0. The zero-order valence-corrected chi connectivity index (χ0v) is 17.6. The lowest BCUT2D eigenvalue weighted by molar-refractivity contribution is 0.0398. The van der Waals surface area contributed by atoms with Crippen molar-refractivity contribution in [1.82, 2.24) is 15.1 Å². The quantitative estimate of drug-likeness (QED) is 0.670. The third-order valence-corrected chi connectivity index (χ3v) is 4.87. The Morgan fingerprint density at radius 2 is 1.75 bits per heavy atom. The van der Waals surface area contributed by atoms with Crippen molar-refractivity contribution in [2.45, 2.75) is 6.92 Å². The van der Waals surface area contributed by atoms with Crippen molar-refractivity contribution < 1.29 is 4.74 Å². The highest BCUT2D eigenvalue weighted by Gasteiger charge is 2.11. The third-order valence-electron chi connectivity index (χ3n) is 4.87. The van der Waals surface area contributed by atoms with Gasteiger partial charge in [-0.3, -0.25) is 4.90 Å². The number of nitrogens with zero attached hydrogens (tertiary/aromatic N) is 3. The number of aromatic nitrogens is 2. The molecule has 1 N–H and O–H groups in total. The van der Waals surface area contributed by atoms with E-state index in [1.807, 2.05) is 0 Å². The van der Waals surface area contributed by atoms with Crippen molar-refractivity contribution in [3.63, 3.8) is 0 Å². The summed E-state index contributed by atoms with van der Waals surface area (Å²) in [5, 5.41) is 14.8. The highest BCUT2D eigenvalue weighted by atomic mass is 35.5. The standard InChI is InChI=1S/C21H24N4O.2ClH/c1-16-15-20(19-8-4-6-17-5-2-3-7-18(17)19)23-24-21(16)22-9-10-25-11-13-26-14-12-25;;/h2-8,15H,9-14H2,1H3,(H,22,24);2*1H. The van der Waals surface area contributed by atoms with Gasteiger partial charge in [-0.2, -0.15) is 0 Å². The summed E-state index contributed by atoms with van der Waals surface area (Å²) in [7, 11) is 0. The molecule has 1 aliphatic rings. The predicted molar refractivity (Wildman–Crippen MR) is 120 cm³/mol. The van der Waals surface area contributed by atoms with Gasteiger partial charge in [0.2, 0.25) is 0 Å². The molecular weight excluding hydrogens is 395 g/mol. The van der Waals surface area contributed by atoms with E-state index in [0.717, 1.165) is 62.0 Å². The average Bonchev–Trinajstić information content (AvgIpc) is 2.69. The Morgan fingerprint density at radius 3 is 2.54 bits per heavy atom. The molecule has 2 aromatic carbocycles. The molecule has 0 aliphatic carbocycles. The van der Waals surface area contributed by atoms with Crippen LogP contribution in [0.1, 0.15) is 5.56 Å². The molecule has 2 heterocycles. The Bertz CT molecular complexity index is 895. The lowest BCUT2D eigenvalue weighted by Crippen LogP contribution is -2.39. The third kappa shape index (κ3) is 5.11. The van der Waals surface area contributed by atoms with Gasteiger partial charge in [0.25, 0.3) is 0 Å². The number of benzene rings is 2. The molecule has 0 unspecified atom stereocenters. The minimum Gasteiger partial charge on any atom is -0.379 e. The summed E-state index contributed by atoms with van der Waals surface area (Å²) < 4.78 is 5.38. The molecule has 1 aliphatic heterocycles. The Labute approximate surface area is 178 Å². The number of hydrogen-bond acceptors (Lipinski definition) is 5. The van der Waals surface area contributed by atoms with Crippen molar-refractivity contribution in [2.75, 3.05) is 44.7 Å². The minimum absolute atomic E-state index is 0. The fraction of sp³-hybridized carbons (Fsp3) is 0.333. The molecule has 1 aromatic heterocycles. The summed E-state index contributed by atoms with van der Waals surface area (Å²) in [5.41, 5.74) is 3.15. The number of aryl methyl sites for hydroxylation is 1. The Kier molecular flexibility index (Phi) is 8.45. The second-order valence-electron chi connectivity index (χ2n) is 6.67. The van der Waals surface area contributed by atoms with E-state index in [0.29, 0.717) is 0 Å². The van der Waals surface area contributed by atoms with E-state index in [2.05, 4.69) is 75.9 Å². The molecule has 0 atom stereocenters. The van der Waals surface area contributed by atoms with Gasteiger partial charge in [-0.05, 0) is 29.3 Å². The summed E-state index contributed by atoms with van der Waals surface area (Å²) >= 11 is 0. The van der Waals surface area contributed by atoms with Gasteiger partial charge in [0.15, 0.2) is 5.82 Å². The molecule has 150 valence electrons. The second kappa shape index (κ2) is 10.6. The van der Waals surface area contributed by atoms with Gasteiger partial charge < -0.3 is 10.1 Å². The highest BCUT2D eigenvalue weighted by Crippen LogP contribution is 2.28. The number of fused-ring (bicyclic) bond motifs is 1. The van der Waals surface area contributed by atoms with Crippen LogP contribution in [-0.2, 0) is 4.74 Å². The number of anilines is 1. The van der Waals surface area contributed by atoms with Gasteiger partial charge in [0, 0.05) is 31.7 Å². The molecule has 4 rings (SSSR count). The number of ether oxygens (including phenoxy) is 1. The van der Waals surface area contributed by atoms with Crippen molar-refractivity contribution in [3.8, 4) is 11.3 Å². The van der Waals surface area contributed by atoms with Gasteiger partial charge >= 0.3 is 0 Å². The molecular formula is C21H26Cl2N4O. The average molecular weight is 421 g/mol. The summed E-state index contributed by atoms with van der Waals surface area (Å²) in [6.45, 7) is 7.62. The first kappa shape index (κ1) is 22.4. The lowest BCUT2D eigenvalue weighted by Gasteiger charge is -2.26. The van der Waals surface area contributed by atoms with Crippen LogP contribution in [0.5, 0.6) is 0 Å². The number of morpholine rings is 1.